The number of nitrogens with zero attached hydrogens (tertiary/aromatic N) is 2. The molecule has 1 fully saturated rings. The van der Waals surface area contributed by atoms with E-state index in [9.17, 15) is 9.90 Å². The highest BCUT2D eigenvalue weighted by Gasteiger charge is 2.30. The molecule has 0 bridgehead atoms. The van der Waals surface area contributed by atoms with Gasteiger partial charge in [0.05, 0.1) is 11.6 Å². The Morgan fingerprint density at radius 1 is 1.31 bits per heavy atom. The van der Waals surface area contributed by atoms with Crippen LogP contribution in [-0.2, 0) is 16.9 Å². The number of aromatic nitrogens is 2. The second-order valence-corrected chi connectivity index (χ2v) is 7.89. The van der Waals surface area contributed by atoms with Gasteiger partial charge in [-0.1, -0.05) is 30.3 Å². The van der Waals surface area contributed by atoms with Gasteiger partial charge in [-0.25, -0.2) is 4.79 Å². The van der Waals surface area contributed by atoms with Crippen molar-refractivity contribution in [3.8, 4) is 0 Å². The Hall–Kier alpha value is -2.34. The Morgan fingerprint density at radius 2 is 2.04 bits per heavy atom. The molecular weight excluding hydrogens is 330 g/mol. The lowest BCUT2D eigenvalue weighted by Crippen LogP contribution is -2.26. The normalized spacial score (nSPS) is 20.2. The van der Waals surface area contributed by atoms with Gasteiger partial charge in [0.2, 0.25) is 0 Å². The summed E-state index contributed by atoms with van der Waals surface area (Å²) < 4.78 is 7.22. The van der Waals surface area contributed by atoms with E-state index in [-0.39, 0.29) is 24.2 Å². The molecule has 1 heterocycles. The molecule has 1 amide bonds. The van der Waals surface area contributed by atoms with Crippen molar-refractivity contribution in [3.63, 3.8) is 0 Å². The van der Waals surface area contributed by atoms with Crippen molar-refractivity contribution < 1.29 is 14.6 Å². The Morgan fingerprint density at radius 3 is 2.65 bits per heavy atom. The summed E-state index contributed by atoms with van der Waals surface area (Å²) in [7, 11) is 0. The molecule has 3 rings (SSSR count). The van der Waals surface area contributed by atoms with Gasteiger partial charge < -0.3 is 9.84 Å². The third-order valence-electron chi connectivity index (χ3n) is 4.64. The summed E-state index contributed by atoms with van der Waals surface area (Å²) in [4.78, 5) is 12.1. The predicted octanol–water partition coefficient (Wildman–Crippen LogP) is 4.02. The lowest BCUT2D eigenvalue weighted by molar-refractivity contribution is 0.155. The molecule has 26 heavy (non-hydrogen) atoms. The van der Waals surface area contributed by atoms with Crippen LogP contribution in [0.3, 0.4) is 0 Å². The van der Waals surface area contributed by atoms with Gasteiger partial charge in [0.25, 0.3) is 0 Å². The molecule has 0 unspecified atom stereocenters. The zero-order valence-corrected chi connectivity index (χ0v) is 15.6. The van der Waals surface area contributed by atoms with Gasteiger partial charge >= 0.3 is 6.09 Å². The van der Waals surface area contributed by atoms with E-state index in [2.05, 4.69) is 31.2 Å². The number of carbonyl (C=O) groups excluding carboxylic acids is 1. The standard InChI is InChI=1S/C20H27N3O3/c1-20(2,3)23-17(15-9-10-16(24)11-15)12-18(22-23)21-19(25)26-13-14-7-5-4-6-8-14/h4-8,12,15-16,24H,9-11,13H2,1-3H3,(H,21,22,25)/t15-,16+/m1/s1. The van der Waals surface area contributed by atoms with E-state index >= 15 is 0 Å². The highest BCUT2D eigenvalue weighted by atomic mass is 16.5. The van der Waals surface area contributed by atoms with E-state index in [1.54, 1.807) is 0 Å². The molecule has 1 aromatic heterocycles. The quantitative estimate of drug-likeness (QED) is 0.867. The maximum absolute atomic E-state index is 12.1. The number of nitrogens with one attached hydrogen (secondary N) is 1. The minimum atomic E-state index is -0.523. The first-order valence-corrected chi connectivity index (χ1v) is 9.09. The first kappa shape index (κ1) is 18.5. The highest BCUT2D eigenvalue weighted by molar-refractivity contribution is 5.83. The number of benzene rings is 1. The smallest absolute Gasteiger partial charge is 0.413 e. The number of carbonyl (C=O) groups is 1. The van der Waals surface area contributed by atoms with Gasteiger partial charge in [-0.2, -0.15) is 5.10 Å². The summed E-state index contributed by atoms with van der Waals surface area (Å²) in [6, 6.07) is 11.5. The average Bonchev–Trinajstić information content (AvgIpc) is 3.20. The van der Waals surface area contributed by atoms with Crippen LogP contribution in [0.4, 0.5) is 10.6 Å². The van der Waals surface area contributed by atoms with Crippen molar-refractivity contribution in [1.29, 1.82) is 0 Å². The number of aliphatic hydroxyl groups excluding tert-OH is 1. The zero-order valence-electron chi connectivity index (χ0n) is 15.6. The van der Waals surface area contributed by atoms with Crippen LogP contribution in [0.15, 0.2) is 36.4 Å². The lowest BCUT2D eigenvalue weighted by atomic mass is 10.0. The number of ether oxygens (including phenoxy) is 1. The Bertz CT molecular complexity index is 749. The fraction of sp³-hybridized carbons (Fsp3) is 0.500. The molecule has 6 nitrogen and oxygen atoms in total. The average molecular weight is 357 g/mol. The van der Waals surface area contributed by atoms with Crippen molar-refractivity contribution in [2.24, 2.45) is 0 Å². The molecule has 1 saturated carbocycles. The van der Waals surface area contributed by atoms with Crippen LogP contribution in [0.2, 0.25) is 0 Å². The van der Waals surface area contributed by atoms with E-state index < -0.39 is 6.09 Å². The Kier molecular flexibility index (Phi) is 5.32. The first-order valence-electron chi connectivity index (χ1n) is 9.09. The van der Waals surface area contributed by atoms with Crippen LogP contribution >= 0.6 is 0 Å². The second-order valence-electron chi connectivity index (χ2n) is 7.89. The number of rotatable bonds is 4. The Balaban J connectivity index is 1.69. The van der Waals surface area contributed by atoms with Crippen LogP contribution in [0.25, 0.3) is 0 Å². The van der Waals surface area contributed by atoms with E-state index in [0.717, 1.165) is 30.5 Å². The molecule has 0 spiro atoms. The second kappa shape index (κ2) is 7.50. The summed E-state index contributed by atoms with van der Waals surface area (Å²) in [6.45, 7) is 6.44. The van der Waals surface area contributed by atoms with E-state index in [4.69, 9.17) is 4.74 Å². The monoisotopic (exact) mass is 357 g/mol. The fourth-order valence-corrected chi connectivity index (χ4v) is 3.37. The molecule has 1 aliphatic rings. The van der Waals surface area contributed by atoms with Gasteiger partial charge in [-0.05, 0) is 45.6 Å². The van der Waals surface area contributed by atoms with Crippen molar-refractivity contribution in [2.75, 3.05) is 5.32 Å². The molecule has 0 saturated heterocycles. The van der Waals surface area contributed by atoms with Crippen molar-refractivity contribution >= 4 is 11.9 Å². The van der Waals surface area contributed by atoms with Gasteiger partial charge in [0, 0.05) is 17.7 Å². The van der Waals surface area contributed by atoms with Crippen LogP contribution < -0.4 is 5.32 Å². The van der Waals surface area contributed by atoms with E-state index in [1.165, 1.54) is 0 Å². The molecule has 0 aliphatic heterocycles. The van der Waals surface area contributed by atoms with Crippen molar-refractivity contribution in [1.82, 2.24) is 9.78 Å². The molecule has 6 heteroatoms. The molecular formula is C20H27N3O3. The number of hydrogen-bond acceptors (Lipinski definition) is 4. The van der Waals surface area contributed by atoms with E-state index in [0.29, 0.717) is 5.82 Å². The summed E-state index contributed by atoms with van der Waals surface area (Å²) >= 11 is 0. The molecule has 1 aliphatic carbocycles. The number of aliphatic hydroxyl groups is 1. The molecule has 140 valence electrons. The number of anilines is 1. The molecule has 2 N–H and O–H groups in total. The fourth-order valence-electron chi connectivity index (χ4n) is 3.37. The predicted molar refractivity (Wildman–Crippen MR) is 100 cm³/mol. The van der Waals surface area contributed by atoms with Gasteiger partial charge in [-0.15, -0.1) is 0 Å². The van der Waals surface area contributed by atoms with E-state index in [1.807, 2.05) is 41.1 Å². The van der Waals surface area contributed by atoms with Gasteiger partial charge in [0.1, 0.15) is 6.61 Å². The molecule has 1 aromatic carbocycles. The largest absolute Gasteiger partial charge is 0.444 e. The summed E-state index contributed by atoms with van der Waals surface area (Å²) in [6.07, 6.45) is 1.70. The SMILES string of the molecule is CC(C)(C)n1nc(NC(=O)OCc2ccccc2)cc1[C@@H]1CC[C@H](O)C1. The minimum absolute atomic E-state index is 0.212. The van der Waals surface area contributed by atoms with Crippen molar-refractivity contribution in [3.05, 3.63) is 47.7 Å². The topological polar surface area (TPSA) is 76.4 Å². The molecule has 2 atom stereocenters. The van der Waals surface area contributed by atoms with Crippen LogP contribution in [0, 0.1) is 0 Å². The maximum atomic E-state index is 12.1. The number of hydrogen-bond donors (Lipinski definition) is 2. The first-order chi connectivity index (χ1) is 12.3. The summed E-state index contributed by atoms with van der Waals surface area (Å²) in [5.74, 6) is 0.738. The minimum Gasteiger partial charge on any atom is -0.444 e. The lowest BCUT2D eigenvalue weighted by Gasteiger charge is -2.24. The Labute approximate surface area is 154 Å². The maximum Gasteiger partial charge on any atom is 0.413 e. The third-order valence-corrected chi connectivity index (χ3v) is 4.64. The van der Waals surface area contributed by atoms with Gasteiger partial charge in [0.15, 0.2) is 5.82 Å². The number of amides is 1. The summed E-state index contributed by atoms with van der Waals surface area (Å²) in [5.41, 5.74) is 1.77. The summed E-state index contributed by atoms with van der Waals surface area (Å²) in [5, 5.41) is 17.2. The highest BCUT2D eigenvalue weighted by Crippen LogP contribution is 2.37. The third kappa shape index (κ3) is 4.43. The zero-order chi connectivity index (χ0) is 18.7. The van der Waals surface area contributed by atoms with Gasteiger partial charge in [-0.3, -0.25) is 10.00 Å². The molecule has 0 radical (unpaired) electrons. The van der Waals surface area contributed by atoms with Crippen LogP contribution in [-0.4, -0.2) is 27.1 Å². The molecule has 2 aromatic rings. The van der Waals surface area contributed by atoms with Crippen LogP contribution in [0.1, 0.15) is 57.2 Å². The van der Waals surface area contributed by atoms with Crippen LogP contribution in [0.5, 0.6) is 0 Å². The van der Waals surface area contributed by atoms with Crippen molar-refractivity contribution in [2.45, 2.75) is 64.2 Å².